The summed E-state index contributed by atoms with van der Waals surface area (Å²) in [4.78, 5) is 44.7. The second-order valence-electron chi connectivity index (χ2n) is 7.50. The number of hydrogen-bond donors (Lipinski definition) is 0. The average Bonchev–Trinajstić information content (AvgIpc) is 3.08. The standard InChI is InChI=1S/C20H28N4O3/c1-21(2)9-8-18(25)22-10-12-23(13-11-22)20(27)16-14-19(26)24(15-16)17-6-4-3-5-7-17/h3-7,16H,8-15H2,1-2H3. The van der Waals surface area contributed by atoms with Crippen LogP contribution in [0.25, 0.3) is 0 Å². The molecule has 3 amide bonds. The van der Waals surface area contributed by atoms with E-state index in [-0.39, 0.29) is 30.1 Å². The zero-order valence-corrected chi connectivity index (χ0v) is 16.1. The van der Waals surface area contributed by atoms with Gasteiger partial charge in [0, 0.05) is 57.8 Å². The Balaban J connectivity index is 1.51. The summed E-state index contributed by atoms with van der Waals surface area (Å²) >= 11 is 0. The van der Waals surface area contributed by atoms with E-state index in [0.29, 0.717) is 39.1 Å². The van der Waals surface area contributed by atoms with E-state index in [9.17, 15) is 14.4 Å². The molecule has 2 heterocycles. The molecular weight excluding hydrogens is 344 g/mol. The van der Waals surface area contributed by atoms with E-state index in [1.165, 1.54) is 0 Å². The van der Waals surface area contributed by atoms with Crippen molar-refractivity contribution >= 4 is 23.4 Å². The van der Waals surface area contributed by atoms with E-state index < -0.39 is 0 Å². The van der Waals surface area contributed by atoms with Crippen molar-refractivity contribution in [2.24, 2.45) is 5.92 Å². The number of carbonyl (C=O) groups excluding carboxylic acids is 3. The molecule has 1 aromatic carbocycles. The van der Waals surface area contributed by atoms with Crippen LogP contribution in [0.1, 0.15) is 12.8 Å². The fraction of sp³-hybridized carbons (Fsp3) is 0.550. The summed E-state index contributed by atoms with van der Waals surface area (Å²) < 4.78 is 0. The topological polar surface area (TPSA) is 64.2 Å². The molecular formula is C20H28N4O3. The van der Waals surface area contributed by atoms with Crippen LogP contribution in [-0.4, -0.2) is 85.8 Å². The molecule has 2 saturated heterocycles. The molecule has 1 aromatic rings. The van der Waals surface area contributed by atoms with Gasteiger partial charge in [-0.3, -0.25) is 14.4 Å². The number of hydrogen-bond acceptors (Lipinski definition) is 4. The minimum Gasteiger partial charge on any atom is -0.339 e. The third-order valence-corrected chi connectivity index (χ3v) is 5.26. The first-order valence-electron chi connectivity index (χ1n) is 9.52. The normalized spacial score (nSPS) is 20.5. The number of amides is 3. The first kappa shape index (κ1) is 19.4. The molecule has 2 aliphatic rings. The molecule has 7 heteroatoms. The third kappa shape index (κ3) is 4.66. The summed E-state index contributed by atoms with van der Waals surface area (Å²) in [6.07, 6.45) is 0.764. The van der Waals surface area contributed by atoms with E-state index in [0.717, 1.165) is 12.2 Å². The summed E-state index contributed by atoms with van der Waals surface area (Å²) in [5, 5.41) is 0. The molecule has 0 bridgehead atoms. The van der Waals surface area contributed by atoms with E-state index in [1.54, 1.807) is 4.90 Å². The van der Waals surface area contributed by atoms with Crippen LogP contribution in [0.15, 0.2) is 30.3 Å². The molecule has 0 N–H and O–H groups in total. The molecule has 0 aliphatic carbocycles. The van der Waals surface area contributed by atoms with Gasteiger partial charge >= 0.3 is 0 Å². The maximum Gasteiger partial charge on any atom is 0.228 e. The SMILES string of the molecule is CN(C)CCC(=O)N1CCN(C(=O)C2CC(=O)N(c3ccccc3)C2)CC1. The first-order valence-corrected chi connectivity index (χ1v) is 9.52. The Hall–Kier alpha value is -2.41. The highest BCUT2D eigenvalue weighted by Crippen LogP contribution is 2.26. The molecule has 146 valence electrons. The van der Waals surface area contributed by atoms with Gasteiger partial charge in [0.2, 0.25) is 17.7 Å². The molecule has 0 radical (unpaired) electrons. The summed E-state index contributed by atoms with van der Waals surface area (Å²) in [5.41, 5.74) is 0.842. The third-order valence-electron chi connectivity index (χ3n) is 5.26. The van der Waals surface area contributed by atoms with E-state index in [4.69, 9.17) is 0 Å². The zero-order valence-electron chi connectivity index (χ0n) is 16.1. The number of carbonyl (C=O) groups is 3. The summed E-state index contributed by atoms with van der Waals surface area (Å²) in [7, 11) is 3.90. The lowest BCUT2D eigenvalue weighted by molar-refractivity contribution is -0.142. The van der Waals surface area contributed by atoms with Crippen LogP contribution in [0, 0.1) is 5.92 Å². The monoisotopic (exact) mass is 372 g/mol. The molecule has 0 saturated carbocycles. The van der Waals surface area contributed by atoms with Crippen molar-refractivity contribution in [3.63, 3.8) is 0 Å². The van der Waals surface area contributed by atoms with Crippen molar-refractivity contribution in [1.29, 1.82) is 0 Å². The Labute approximate surface area is 160 Å². The molecule has 2 aliphatic heterocycles. The average molecular weight is 372 g/mol. The maximum atomic E-state index is 12.9. The highest BCUT2D eigenvalue weighted by Gasteiger charge is 2.38. The molecule has 0 spiro atoms. The molecule has 27 heavy (non-hydrogen) atoms. The van der Waals surface area contributed by atoms with Gasteiger partial charge in [-0.15, -0.1) is 0 Å². The Morgan fingerprint density at radius 2 is 1.67 bits per heavy atom. The smallest absolute Gasteiger partial charge is 0.228 e. The van der Waals surface area contributed by atoms with Gasteiger partial charge < -0.3 is 19.6 Å². The summed E-state index contributed by atoms with van der Waals surface area (Å²) in [6, 6.07) is 9.48. The van der Waals surface area contributed by atoms with Crippen molar-refractivity contribution in [2.75, 3.05) is 58.3 Å². The molecule has 1 unspecified atom stereocenters. The fourth-order valence-corrected chi connectivity index (χ4v) is 3.64. The number of rotatable bonds is 5. The second-order valence-corrected chi connectivity index (χ2v) is 7.50. The Morgan fingerprint density at radius 3 is 2.30 bits per heavy atom. The Bertz CT molecular complexity index is 684. The molecule has 7 nitrogen and oxygen atoms in total. The highest BCUT2D eigenvalue weighted by molar-refractivity contribution is 6.00. The minimum absolute atomic E-state index is 0.00273. The Morgan fingerprint density at radius 1 is 1.04 bits per heavy atom. The van der Waals surface area contributed by atoms with E-state index >= 15 is 0 Å². The lowest BCUT2D eigenvalue weighted by Gasteiger charge is -2.36. The van der Waals surface area contributed by atoms with Gasteiger partial charge in [-0.2, -0.15) is 0 Å². The van der Waals surface area contributed by atoms with Gasteiger partial charge in [0.25, 0.3) is 0 Å². The summed E-state index contributed by atoms with van der Waals surface area (Å²) in [5.74, 6) is -0.130. The number of para-hydroxylation sites is 1. The van der Waals surface area contributed by atoms with E-state index in [1.807, 2.05) is 59.1 Å². The van der Waals surface area contributed by atoms with Crippen LogP contribution in [-0.2, 0) is 14.4 Å². The minimum atomic E-state index is -0.298. The Kier molecular flexibility index (Phi) is 6.11. The fourth-order valence-electron chi connectivity index (χ4n) is 3.64. The molecule has 1 atom stereocenters. The zero-order chi connectivity index (χ0) is 19.4. The summed E-state index contributed by atoms with van der Waals surface area (Å²) in [6.45, 7) is 3.40. The van der Waals surface area contributed by atoms with Crippen LogP contribution in [0.5, 0.6) is 0 Å². The predicted molar refractivity (Wildman–Crippen MR) is 103 cm³/mol. The second kappa shape index (κ2) is 8.52. The van der Waals surface area contributed by atoms with Gasteiger partial charge in [0.05, 0.1) is 5.92 Å². The first-order chi connectivity index (χ1) is 13.0. The van der Waals surface area contributed by atoms with Gasteiger partial charge in [-0.1, -0.05) is 18.2 Å². The quantitative estimate of drug-likeness (QED) is 0.762. The van der Waals surface area contributed by atoms with Crippen molar-refractivity contribution in [2.45, 2.75) is 12.8 Å². The molecule has 2 fully saturated rings. The number of anilines is 1. The van der Waals surface area contributed by atoms with E-state index in [2.05, 4.69) is 0 Å². The van der Waals surface area contributed by atoms with Gasteiger partial charge in [-0.25, -0.2) is 0 Å². The van der Waals surface area contributed by atoms with Gasteiger partial charge in [-0.05, 0) is 26.2 Å². The number of piperazine rings is 1. The largest absolute Gasteiger partial charge is 0.339 e. The number of nitrogens with zero attached hydrogens (tertiary/aromatic N) is 4. The highest BCUT2D eigenvalue weighted by atomic mass is 16.2. The van der Waals surface area contributed by atoms with Crippen LogP contribution >= 0.6 is 0 Å². The van der Waals surface area contributed by atoms with Gasteiger partial charge in [0.1, 0.15) is 0 Å². The lowest BCUT2D eigenvalue weighted by Crippen LogP contribution is -2.52. The molecule has 0 aromatic heterocycles. The van der Waals surface area contributed by atoms with Crippen LogP contribution < -0.4 is 4.90 Å². The molecule has 3 rings (SSSR count). The maximum absolute atomic E-state index is 12.9. The van der Waals surface area contributed by atoms with Crippen LogP contribution in [0.2, 0.25) is 0 Å². The predicted octanol–water partition coefficient (Wildman–Crippen LogP) is 0.662. The van der Waals surface area contributed by atoms with Crippen molar-refractivity contribution in [1.82, 2.24) is 14.7 Å². The van der Waals surface area contributed by atoms with Crippen LogP contribution in [0.4, 0.5) is 5.69 Å². The van der Waals surface area contributed by atoms with Crippen molar-refractivity contribution < 1.29 is 14.4 Å². The lowest BCUT2D eigenvalue weighted by atomic mass is 10.1. The van der Waals surface area contributed by atoms with Crippen molar-refractivity contribution in [3.8, 4) is 0 Å². The number of benzene rings is 1. The van der Waals surface area contributed by atoms with Gasteiger partial charge in [0.15, 0.2) is 0 Å². The van der Waals surface area contributed by atoms with Crippen molar-refractivity contribution in [3.05, 3.63) is 30.3 Å². The van der Waals surface area contributed by atoms with Crippen LogP contribution in [0.3, 0.4) is 0 Å².